The Bertz CT molecular complexity index is 738. The van der Waals surface area contributed by atoms with Gasteiger partial charge in [0.2, 0.25) is 5.91 Å². The first-order chi connectivity index (χ1) is 13.2. The number of thioether (sulfide) groups is 1. The van der Waals surface area contributed by atoms with Crippen LogP contribution in [-0.2, 0) is 4.79 Å². The van der Waals surface area contributed by atoms with Crippen molar-refractivity contribution in [2.75, 3.05) is 25.4 Å². The van der Waals surface area contributed by atoms with Gasteiger partial charge in [0.25, 0.3) is 5.91 Å². The van der Waals surface area contributed by atoms with Gasteiger partial charge in [-0.15, -0.1) is 11.8 Å². The van der Waals surface area contributed by atoms with E-state index >= 15 is 0 Å². The van der Waals surface area contributed by atoms with E-state index < -0.39 is 0 Å². The van der Waals surface area contributed by atoms with Crippen LogP contribution in [-0.4, -0.2) is 48.2 Å². The quantitative estimate of drug-likeness (QED) is 0.738. The van der Waals surface area contributed by atoms with E-state index in [-0.39, 0.29) is 17.9 Å². The van der Waals surface area contributed by atoms with Crippen LogP contribution < -0.4 is 10.1 Å². The van der Waals surface area contributed by atoms with E-state index in [1.807, 2.05) is 36.1 Å². The fourth-order valence-electron chi connectivity index (χ4n) is 3.01. The molecule has 1 fully saturated rings. The molecule has 0 unspecified atom stereocenters. The average molecular weight is 388 g/mol. The first-order valence-corrected chi connectivity index (χ1v) is 10.1. The number of benzene rings is 1. The third kappa shape index (κ3) is 5.53. The first kappa shape index (κ1) is 19.4. The lowest BCUT2D eigenvalue weighted by atomic mass is 10.0. The maximum absolute atomic E-state index is 12.3. The van der Waals surface area contributed by atoms with Gasteiger partial charge in [0.1, 0.15) is 12.0 Å². The molecule has 144 valence electrons. The van der Waals surface area contributed by atoms with Crippen LogP contribution in [0.1, 0.15) is 30.1 Å². The molecule has 0 radical (unpaired) electrons. The van der Waals surface area contributed by atoms with Gasteiger partial charge in [-0.3, -0.25) is 9.59 Å². The molecule has 0 aliphatic carbocycles. The van der Waals surface area contributed by atoms with Crippen LogP contribution in [0.3, 0.4) is 0 Å². The summed E-state index contributed by atoms with van der Waals surface area (Å²) in [7, 11) is 0. The number of carbonyl (C=O) groups excluding carboxylic acids is 2. The highest BCUT2D eigenvalue weighted by molar-refractivity contribution is 8.00. The molecule has 3 rings (SSSR count). The molecule has 1 N–H and O–H groups in total. The molecule has 27 heavy (non-hydrogen) atoms. The lowest BCUT2D eigenvalue weighted by Gasteiger charge is -2.32. The molecule has 1 aromatic carbocycles. The summed E-state index contributed by atoms with van der Waals surface area (Å²) < 4.78 is 10.4. The van der Waals surface area contributed by atoms with Gasteiger partial charge in [0.15, 0.2) is 0 Å². The van der Waals surface area contributed by atoms with Gasteiger partial charge in [0.05, 0.1) is 24.2 Å². The number of hydrogen-bond donors (Lipinski definition) is 1. The van der Waals surface area contributed by atoms with Crippen LogP contribution in [0.25, 0.3) is 0 Å². The molecular formula is C20H24N2O4S. The van der Waals surface area contributed by atoms with Gasteiger partial charge in [-0.2, -0.15) is 0 Å². The van der Waals surface area contributed by atoms with Gasteiger partial charge in [-0.1, -0.05) is 0 Å². The van der Waals surface area contributed by atoms with Crippen molar-refractivity contribution in [1.29, 1.82) is 0 Å². The summed E-state index contributed by atoms with van der Waals surface area (Å²) in [4.78, 5) is 27.3. The molecule has 2 heterocycles. The monoisotopic (exact) mass is 388 g/mol. The van der Waals surface area contributed by atoms with E-state index in [0.717, 1.165) is 23.5 Å². The predicted octanol–water partition coefficient (Wildman–Crippen LogP) is 3.19. The van der Waals surface area contributed by atoms with Gasteiger partial charge in [0, 0.05) is 24.0 Å². The summed E-state index contributed by atoms with van der Waals surface area (Å²) in [6.07, 6.45) is 4.50. The van der Waals surface area contributed by atoms with Crippen LogP contribution in [0.2, 0.25) is 0 Å². The summed E-state index contributed by atoms with van der Waals surface area (Å²) in [5, 5.41) is 3.07. The Labute approximate surface area is 163 Å². The molecule has 2 aromatic rings. The smallest absolute Gasteiger partial charge is 0.257 e. The van der Waals surface area contributed by atoms with Crippen LogP contribution in [0.5, 0.6) is 5.75 Å². The minimum Gasteiger partial charge on any atom is -0.494 e. The molecule has 1 saturated heterocycles. The zero-order valence-corrected chi connectivity index (χ0v) is 16.2. The Morgan fingerprint density at radius 2 is 1.96 bits per heavy atom. The van der Waals surface area contributed by atoms with Crippen LogP contribution in [0, 0.1) is 0 Å². The van der Waals surface area contributed by atoms with Crippen molar-refractivity contribution in [3.8, 4) is 5.75 Å². The first-order valence-electron chi connectivity index (χ1n) is 9.12. The Hall–Kier alpha value is -2.41. The number of piperidine rings is 1. The van der Waals surface area contributed by atoms with Crippen LogP contribution in [0.15, 0.2) is 52.2 Å². The molecule has 1 aromatic heterocycles. The van der Waals surface area contributed by atoms with E-state index in [9.17, 15) is 9.59 Å². The van der Waals surface area contributed by atoms with E-state index in [2.05, 4.69) is 5.32 Å². The molecule has 0 bridgehead atoms. The molecule has 2 amide bonds. The standard InChI is InChI=1S/C20H24N2O4S/c1-2-26-17-3-5-18(6-4-17)27-14-19(23)21-16-7-10-22(11-8-16)20(24)15-9-12-25-13-15/h3-6,9,12-13,16H,2,7-8,10-11,14H2,1H3,(H,21,23). The minimum absolute atomic E-state index is 0.0143. The number of ether oxygens (including phenoxy) is 1. The summed E-state index contributed by atoms with van der Waals surface area (Å²) in [5.74, 6) is 1.22. The normalized spacial score (nSPS) is 14.8. The molecule has 1 aliphatic rings. The van der Waals surface area contributed by atoms with Crippen molar-refractivity contribution in [2.24, 2.45) is 0 Å². The van der Waals surface area contributed by atoms with Gasteiger partial charge < -0.3 is 19.4 Å². The van der Waals surface area contributed by atoms with E-state index in [1.54, 1.807) is 6.07 Å². The van der Waals surface area contributed by atoms with Gasteiger partial charge in [-0.05, 0) is 50.1 Å². The number of nitrogens with zero attached hydrogens (tertiary/aromatic N) is 1. The second-order valence-corrected chi connectivity index (χ2v) is 7.39. The fourth-order valence-corrected chi connectivity index (χ4v) is 3.72. The highest BCUT2D eigenvalue weighted by Gasteiger charge is 2.25. The third-order valence-electron chi connectivity index (χ3n) is 4.42. The molecule has 0 saturated carbocycles. The number of nitrogens with one attached hydrogen (secondary N) is 1. The predicted molar refractivity (Wildman–Crippen MR) is 104 cm³/mol. The largest absolute Gasteiger partial charge is 0.494 e. The zero-order valence-electron chi connectivity index (χ0n) is 15.3. The highest BCUT2D eigenvalue weighted by Crippen LogP contribution is 2.21. The van der Waals surface area contributed by atoms with Crippen molar-refractivity contribution in [3.05, 3.63) is 48.4 Å². The maximum Gasteiger partial charge on any atom is 0.257 e. The molecule has 6 nitrogen and oxygen atoms in total. The van der Waals surface area contributed by atoms with Crippen LogP contribution in [0.4, 0.5) is 0 Å². The summed E-state index contributed by atoms with van der Waals surface area (Å²) >= 11 is 1.51. The van der Waals surface area contributed by atoms with E-state index in [0.29, 0.717) is 31.0 Å². The Morgan fingerprint density at radius 1 is 1.22 bits per heavy atom. The number of likely N-dealkylation sites (tertiary alicyclic amines) is 1. The van der Waals surface area contributed by atoms with E-state index in [4.69, 9.17) is 9.15 Å². The molecule has 0 spiro atoms. The number of furan rings is 1. The minimum atomic E-state index is -0.0143. The Morgan fingerprint density at radius 3 is 2.59 bits per heavy atom. The number of hydrogen-bond acceptors (Lipinski definition) is 5. The van der Waals surface area contributed by atoms with Gasteiger partial charge in [-0.25, -0.2) is 0 Å². The molecule has 7 heteroatoms. The SMILES string of the molecule is CCOc1ccc(SCC(=O)NC2CCN(C(=O)c3ccoc3)CC2)cc1. The van der Waals surface area contributed by atoms with Gasteiger partial charge >= 0.3 is 0 Å². The summed E-state index contributed by atoms with van der Waals surface area (Å²) in [6, 6.07) is 9.54. The fraction of sp³-hybridized carbons (Fsp3) is 0.400. The van der Waals surface area contributed by atoms with Crippen molar-refractivity contribution < 1.29 is 18.7 Å². The third-order valence-corrected chi connectivity index (χ3v) is 5.43. The van der Waals surface area contributed by atoms with Crippen molar-refractivity contribution in [3.63, 3.8) is 0 Å². The summed E-state index contributed by atoms with van der Waals surface area (Å²) in [6.45, 7) is 3.87. The average Bonchev–Trinajstić information content (AvgIpc) is 3.23. The lowest BCUT2D eigenvalue weighted by molar-refractivity contribution is -0.119. The van der Waals surface area contributed by atoms with Crippen molar-refractivity contribution in [1.82, 2.24) is 10.2 Å². The zero-order chi connectivity index (χ0) is 19.1. The highest BCUT2D eigenvalue weighted by atomic mass is 32.2. The summed E-state index contributed by atoms with van der Waals surface area (Å²) in [5.41, 5.74) is 0.573. The number of rotatable bonds is 7. The lowest BCUT2D eigenvalue weighted by Crippen LogP contribution is -2.46. The molecule has 0 atom stereocenters. The maximum atomic E-state index is 12.3. The second-order valence-electron chi connectivity index (χ2n) is 6.34. The van der Waals surface area contributed by atoms with Crippen LogP contribution >= 0.6 is 11.8 Å². The Kier molecular flexibility index (Phi) is 6.81. The Balaban J connectivity index is 1.38. The van der Waals surface area contributed by atoms with Crippen molar-refractivity contribution in [2.45, 2.75) is 30.7 Å². The van der Waals surface area contributed by atoms with Crippen molar-refractivity contribution >= 4 is 23.6 Å². The van der Waals surface area contributed by atoms with E-state index in [1.165, 1.54) is 24.3 Å². The molecular weight excluding hydrogens is 364 g/mol. The number of amides is 2. The topological polar surface area (TPSA) is 71.8 Å². The second kappa shape index (κ2) is 9.50. The molecule has 1 aliphatic heterocycles. The number of carbonyl (C=O) groups is 2.